The lowest BCUT2D eigenvalue weighted by Crippen LogP contribution is -2.43. The van der Waals surface area contributed by atoms with Gasteiger partial charge in [0.1, 0.15) is 5.82 Å². The van der Waals surface area contributed by atoms with Crippen LogP contribution in [0, 0.1) is 18.7 Å². The van der Waals surface area contributed by atoms with E-state index in [-0.39, 0.29) is 11.7 Å². The minimum Gasteiger partial charge on any atom is -0.338 e. The fourth-order valence-electron chi connectivity index (χ4n) is 2.30. The van der Waals surface area contributed by atoms with Gasteiger partial charge in [-0.15, -0.1) is 0 Å². The van der Waals surface area contributed by atoms with Crippen molar-refractivity contribution >= 4 is 21.8 Å². The molecular weight excluding hydrogens is 297 g/mol. The lowest BCUT2D eigenvalue weighted by Gasteiger charge is -2.34. The molecule has 1 fully saturated rings. The summed E-state index contributed by atoms with van der Waals surface area (Å²) in [6, 6.07) is 4.38. The number of likely N-dealkylation sites (tertiary alicyclic amines) is 1. The summed E-state index contributed by atoms with van der Waals surface area (Å²) < 4.78 is 13.2. The molecule has 0 bridgehead atoms. The van der Waals surface area contributed by atoms with Crippen LogP contribution in [0.2, 0.25) is 0 Å². The molecule has 0 spiro atoms. The summed E-state index contributed by atoms with van der Waals surface area (Å²) in [5.41, 5.74) is 1.31. The van der Waals surface area contributed by atoms with E-state index in [2.05, 4.69) is 22.9 Å². The third kappa shape index (κ3) is 2.74. The second-order valence-electron chi connectivity index (χ2n) is 4.99. The van der Waals surface area contributed by atoms with Crippen LogP contribution in [0.25, 0.3) is 0 Å². The average Bonchev–Trinajstić information content (AvgIpc) is 2.35. The maximum Gasteiger partial charge on any atom is 0.254 e. The van der Waals surface area contributed by atoms with Crippen LogP contribution in [0.5, 0.6) is 0 Å². The van der Waals surface area contributed by atoms with Crippen molar-refractivity contribution in [2.24, 2.45) is 5.92 Å². The van der Waals surface area contributed by atoms with Gasteiger partial charge >= 0.3 is 0 Å². The fourth-order valence-corrected chi connectivity index (χ4v) is 2.67. The quantitative estimate of drug-likeness (QED) is 0.728. The first kappa shape index (κ1) is 13.5. The summed E-state index contributed by atoms with van der Waals surface area (Å²) in [7, 11) is 0. The molecule has 2 nitrogen and oxygen atoms in total. The van der Waals surface area contributed by atoms with Crippen molar-refractivity contribution in [2.45, 2.75) is 25.1 Å². The molecule has 2 rings (SSSR count). The number of amides is 1. The zero-order valence-corrected chi connectivity index (χ0v) is 12.2. The summed E-state index contributed by atoms with van der Waals surface area (Å²) in [4.78, 5) is 14.7. The molecule has 18 heavy (non-hydrogen) atoms. The molecule has 2 unspecified atom stereocenters. The van der Waals surface area contributed by atoms with Gasteiger partial charge in [-0.1, -0.05) is 28.9 Å². The number of alkyl halides is 1. The van der Waals surface area contributed by atoms with Crippen LogP contribution in [-0.2, 0) is 0 Å². The molecule has 1 saturated heterocycles. The van der Waals surface area contributed by atoms with Crippen LogP contribution in [0.1, 0.15) is 29.3 Å². The third-order valence-electron chi connectivity index (χ3n) is 3.52. The van der Waals surface area contributed by atoms with Crippen molar-refractivity contribution < 1.29 is 9.18 Å². The molecule has 0 N–H and O–H groups in total. The zero-order chi connectivity index (χ0) is 13.3. The molecule has 1 aliphatic heterocycles. The van der Waals surface area contributed by atoms with Crippen molar-refractivity contribution in [3.05, 3.63) is 35.1 Å². The summed E-state index contributed by atoms with van der Waals surface area (Å²) >= 11 is 3.61. The summed E-state index contributed by atoms with van der Waals surface area (Å²) in [6.45, 7) is 5.42. The van der Waals surface area contributed by atoms with Gasteiger partial charge in [-0.2, -0.15) is 0 Å². The highest BCUT2D eigenvalue weighted by Crippen LogP contribution is 2.25. The number of nitrogens with zero attached hydrogens (tertiary/aromatic N) is 1. The van der Waals surface area contributed by atoms with Crippen molar-refractivity contribution in [3.8, 4) is 0 Å². The molecule has 2 atom stereocenters. The van der Waals surface area contributed by atoms with Gasteiger partial charge in [0.05, 0.1) is 0 Å². The van der Waals surface area contributed by atoms with Crippen LogP contribution in [-0.4, -0.2) is 28.7 Å². The molecule has 98 valence electrons. The lowest BCUT2D eigenvalue weighted by molar-refractivity contribution is 0.0689. The van der Waals surface area contributed by atoms with Gasteiger partial charge in [0.2, 0.25) is 0 Å². The zero-order valence-electron chi connectivity index (χ0n) is 10.6. The minimum absolute atomic E-state index is 0.0572. The SMILES string of the molecule is Cc1ccc(F)cc1C(=O)N1CCC(Br)C(C)C1. The molecule has 1 aromatic rings. The van der Waals surface area contributed by atoms with Gasteiger partial charge < -0.3 is 4.90 Å². The molecular formula is C14H17BrFNO. The van der Waals surface area contributed by atoms with Crippen molar-refractivity contribution in [3.63, 3.8) is 0 Å². The average molecular weight is 314 g/mol. The summed E-state index contributed by atoms with van der Waals surface area (Å²) in [6.07, 6.45) is 0.946. The van der Waals surface area contributed by atoms with Gasteiger partial charge in [0, 0.05) is 23.5 Å². The molecule has 1 aliphatic rings. The maximum atomic E-state index is 13.2. The molecule has 1 aromatic carbocycles. The topological polar surface area (TPSA) is 20.3 Å². The van der Waals surface area contributed by atoms with Crippen LogP contribution in [0.3, 0.4) is 0 Å². The van der Waals surface area contributed by atoms with E-state index in [0.29, 0.717) is 16.3 Å². The van der Waals surface area contributed by atoms with Crippen LogP contribution < -0.4 is 0 Å². The molecule has 0 aliphatic carbocycles. The van der Waals surface area contributed by atoms with Gasteiger partial charge in [-0.3, -0.25) is 4.79 Å². The standard InChI is InChI=1S/C14H17BrFNO/c1-9-3-4-11(16)7-12(9)14(18)17-6-5-13(15)10(2)8-17/h3-4,7,10,13H,5-6,8H2,1-2H3. The number of rotatable bonds is 1. The third-order valence-corrected chi connectivity index (χ3v) is 4.88. The van der Waals surface area contributed by atoms with E-state index in [1.54, 1.807) is 6.07 Å². The van der Waals surface area contributed by atoms with E-state index in [9.17, 15) is 9.18 Å². The molecule has 1 heterocycles. The Morgan fingerprint density at radius 1 is 1.50 bits per heavy atom. The van der Waals surface area contributed by atoms with Gasteiger partial charge in [-0.25, -0.2) is 4.39 Å². The highest BCUT2D eigenvalue weighted by molar-refractivity contribution is 9.09. The largest absolute Gasteiger partial charge is 0.338 e. The van der Waals surface area contributed by atoms with E-state index < -0.39 is 0 Å². The van der Waals surface area contributed by atoms with Gasteiger partial charge in [0.25, 0.3) is 5.91 Å². The van der Waals surface area contributed by atoms with E-state index in [1.807, 2.05) is 11.8 Å². The predicted octanol–water partition coefficient (Wildman–Crippen LogP) is 3.38. The first-order chi connectivity index (χ1) is 8.49. The van der Waals surface area contributed by atoms with Crippen LogP contribution in [0.4, 0.5) is 4.39 Å². The van der Waals surface area contributed by atoms with Crippen molar-refractivity contribution in [1.29, 1.82) is 0 Å². The van der Waals surface area contributed by atoms with Crippen LogP contribution >= 0.6 is 15.9 Å². The van der Waals surface area contributed by atoms with Gasteiger partial charge in [-0.05, 0) is 37.0 Å². The number of aryl methyl sites for hydroxylation is 1. The molecule has 0 radical (unpaired) electrons. The van der Waals surface area contributed by atoms with Crippen molar-refractivity contribution in [1.82, 2.24) is 4.90 Å². The Labute approximate surface area is 115 Å². The normalized spacial score (nSPS) is 24.1. The fraction of sp³-hybridized carbons (Fsp3) is 0.500. The van der Waals surface area contributed by atoms with E-state index in [0.717, 1.165) is 25.1 Å². The second kappa shape index (κ2) is 5.39. The first-order valence-corrected chi connectivity index (χ1v) is 7.10. The Hall–Kier alpha value is -0.900. The molecule has 0 aromatic heterocycles. The second-order valence-corrected chi connectivity index (χ2v) is 6.17. The highest BCUT2D eigenvalue weighted by Gasteiger charge is 2.28. The highest BCUT2D eigenvalue weighted by atomic mass is 79.9. The number of hydrogen-bond acceptors (Lipinski definition) is 1. The number of piperidine rings is 1. The Balaban J connectivity index is 2.19. The van der Waals surface area contributed by atoms with E-state index in [1.165, 1.54) is 12.1 Å². The Morgan fingerprint density at radius 2 is 2.22 bits per heavy atom. The lowest BCUT2D eigenvalue weighted by atomic mass is 9.98. The molecule has 0 saturated carbocycles. The van der Waals surface area contributed by atoms with E-state index >= 15 is 0 Å². The minimum atomic E-state index is -0.354. The van der Waals surface area contributed by atoms with Crippen molar-refractivity contribution in [2.75, 3.05) is 13.1 Å². The Kier molecular flexibility index (Phi) is 4.05. The summed E-state index contributed by atoms with van der Waals surface area (Å²) in [5, 5.41) is 0. The number of carbonyl (C=O) groups is 1. The predicted molar refractivity (Wildman–Crippen MR) is 73.5 cm³/mol. The molecule has 1 amide bonds. The number of benzene rings is 1. The van der Waals surface area contributed by atoms with Gasteiger partial charge in [0.15, 0.2) is 0 Å². The number of halogens is 2. The number of carbonyl (C=O) groups excluding carboxylic acids is 1. The van der Waals surface area contributed by atoms with Crippen LogP contribution in [0.15, 0.2) is 18.2 Å². The smallest absolute Gasteiger partial charge is 0.254 e. The maximum absolute atomic E-state index is 13.2. The first-order valence-electron chi connectivity index (χ1n) is 6.18. The number of hydrogen-bond donors (Lipinski definition) is 0. The molecule has 4 heteroatoms. The Morgan fingerprint density at radius 3 is 2.89 bits per heavy atom. The Bertz CT molecular complexity index is 463. The monoisotopic (exact) mass is 313 g/mol. The summed E-state index contributed by atoms with van der Waals surface area (Å²) in [5.74, 6) is 0.0159. The van der Waals surface area contributed by atoms with E-state index in [4.69, 9.17) is 0 Å².